The molecule has 1 saturated carbocycles. The van der Waals surface area contributed by atoms with E-state index in [2.05, 4.69) is 15.0 Å². The molecule has 1 N–H and O–H groups in total. The van der Waals surface area contributed by atoms with Gasteiger partial charge in [-0.3, -0.25) is 10.1 Å². The molecule has 0 radical (unpaired) electrons. The largest absolute Gasteiger partial charge is 0.464 e. The minimum Gasteiger partial charge on any atom is -0.464 e. The van der Waals surface area contributed by atoms with Crippen molar-refractivity contribution in [3.8, 4) is 0 Å². The fourth-order valence-corrected chi connectivity index (χ4v) is 2.54. The van der Waals surface area contributed by atoms with Crippen LogP contribution in [0.25, 0.3) is 0 Å². The van der Waals surface area contributed by atoms with E-state index in [1.807, 2.05) is 0 Å². The SMILES string of the molecule is COC(=O)c1ccc([N+](=O)[O-])c(NC2CCCCCC2)n1. The van der Waals surface area contributed by atoms with Gasteiger partial charge in [-0.05, 0) is 18.9 Å². The van der Waals surface area contributed by atoms with Gasteiger partial charge in [-0.25, -0.2) is 9.78 Å². The highest BCUT2D eigenvalue weighted by molar-refractivity contribution is 5.88. The van der Waals surface area contributed by atoms with Gasteiger partial charge in [0.25, 0.3) is 0 Å². The molecule has 1 aliphatic rings. The van der Waals surface area contributed by atoms with Crippen LogP contribution >= 0.6 is 0 Å². The molecule has 0 saturated heterocycles. The van der Waals surface area contributed by atoms with Gasteiger partial charge >= 0.3 is 11.7 Å². The summed E-state index contributed by atoms with van der Waals surface area (Å²) in [6, 6.07) is 2.76. The second-order valence-electron chi connectivity index (χ2n) is 5.15. The van der Waals surface area contributed by atoms with Gasteiger partial charge in [0.2, 0.25) is 5.82 Å². The number of nitrogens with one attached hydrogen (secondary N) is 1. The van der Waals surface area contributed by atoms with E-state index >= 15 is 0 Å². The van der Waals surface area contributed by atoms with Gasteiger partial charge < -0.3 is 10.1 Å². The van der Waals surface area contributed by atoms with Crippen molar-refractivity contribution >= 4 is 17.5 Å². The van der Waals surface area contributed by atoms with Crippen LogP contribution in [0.1, 0.15) is 49.0 Å². The maximum Gasteiger partial charge on any atom is 0.356 e. The lowest BCUT2D eigenvalue weighted by molar-refractivity contribution is -0.384. The molecular weight excluding hydrogens is 274 g/mol. The van der Waals surface area contributed by atoms with E-state index in [9.17, 15) is 14.9 Å². The Morgan fingerprint density at radius 3 is 2.57 bits per heavy atom. The summed E-state index contributed by atoms with van der Waals surface area (Å²) in [5.41, 5.74) is -0.0499. The topological polar surface area (TPSA) is 94.4 Å². The molecule has 0 bridgehead atoms. The summed E-state index contributed by atoms with van der Waals surface area (Å²) >= 11 is 0. The van der Waals surface area contributed by atoms with Crippen molar-refractivity contribution in [2.75, 3.05) is 12.4 Å². The second kappa shape index (κ2) is 7.01. The number of rotatable bonds is 4. The number of nitrogens with zero attached hydrogens (tertiary/aromatic N) is 2. The Balaban J connectivity index is 2.25. The summed E-state index contributed by atoms with van der Waals surface area (Å²) in [6.45, 7) is 0. The van der Waals surface area contributed by atoms with Crippen molar-refractivity contribution in [1.82, 2.24) is 4.98 Å². The third kappa shape index (κ3) is 3.90. The maximum absolute atomic E-state index is 11.5. The van der Waals surface area contributed by atoms with Crippen LogP contribution in [-0.2, 0) is 4.74 Å². The highest BCUT2D eigenvalue weighted by atomic mass is 16.6. The first-order valence-electron chi connectivity index (χ1n) is 7.12. The molecular formula is C14H19N3O4. The summed E-state index contributed by atoms with van der Waals surface area (Å²) in [5.74, 6) is -0.455. The molecule has 1 aliphatic carbocycles. The summed E-state index contributed by atoms with van der Waals surface area (Å²) < 4.78 is 4.60. The summed E-state index contributed by atoms with van der Waals surface area (Å²) in [7, 11) is 1.25. The first-order valence-corrected chi connectivity index (χ1v) is 7.12. The number of anilines is 1. The second-order valence-corrected chi connectivity index (χ2v) is 5.15. The minimum absolute atomic E-state index is 0.0687. The Kier molecular flexibility index (Phi) is 5.08. The highest BCUT2D eigenvalue weighted by Gasteiger charge is 2.22. The lowest BCUT2D eigenvalue weighted by Crippen LogP contribution is -2.20. The number of esters is 1. The zero-order chi connectivity index (χ0) is 15.2. The minimum atomic E-state index is -0.603. The van der Waals surface area contributed by atoms with Crippen LogP contribution in [0.15, 0.2) is 12.1 Å². The first kappa shape index (κ1) is 15.2. The molecule has 1 aromatic rings. The van der Waals surface area contributed by atoms with Gasteiger partial charge in [0.1, 0.15) is 0 Å². The predicted octanol–water partition coefficient (Wildman–Crippen LogP) is 2.91. The van der Waals surface area contributed by atoms with Crippen LogP contribution in [0.5, 0.6) is 0 Å². The molecule has 0 atom stereocenters. The van der Waals surface area contributed by atoms with Crippen LogP contribution in [0, 0.1) is 10.1 Å². The Hall–Kier alpha value is -2.18. The number of aromatic nitrogens is 1. The van der Waals surface area contributed by atoms with Gasteiger partial charge in [-0.2, -0.15) is 0 Å². The van der Waals surface area contributed by atoms with Crippen molar-refractivity contribution in [3.05, 3.63) is 27.9 Å². The van der Waals surface area contributed by atoms with Crippen LogP contribution in [0.4, 0.5) is 11.5 Å². The zero-order valence-corrected chi connectivity index (χ0v) is 12.0. The van der Waals surface area contributed by atoms with E-state index in [0.29, 0.717) is 0 Å². The number of pyridine rings is 1. The van der Waals surface area contributed by atoms with E-state index in [0.717, 1.165) is 25.7 Å². The molecule has 2 rings (SSSR count). The third-order valence-electron chi connectivity index (χ3n) is 3.66. The van der Waals surface area contributed by atoms with Crippen molar-refractivity contribution in [1.29, 1.82) is 0 Å². The highest BCUT2D eigenvalue weighted by Crippen LogP contribution is 2.26. The van der Waals surface area contributed by atoms with E-state index in [1.165, 1.54) is 32.1 Å². The van der Waals surface area contributed by atoms with E-state index in [4.69, 9.17) is 0 Å². The first-order chi connectivity index (χ1) is 10.1. The van der Waals surface area contributed by atoms with Gasteiger partial charge in [0.05, 0.1) is 12.0 Å². The predicted molar refractivity (Wildman–Crippen MR) is 77.3 cm³/mol. The molecule has 7 heteroatoms. The maximum atomic E-state index is 11.5. The number of hydrogen-bond donors (Lipinski definition) is 1. The summed E-state index contributed by atoms with van der Waals surface area (Å²) in [5, 5.41) is 14.2. The molecule has 0 unspecified atom stereocenters. The fourth-order valence-electron chi connectivity index (χ4n) is 2.54. The van der Waals surface area contributed by atoms with Gasteiger partial charge in [0.15, 0.2) is 5.69 Å². The summed E-state index contributed by atoms with van der Waals surface area (Å²) in [6.07, 6.45) is 6.50. The monoisotopic (exact) mass is 293 g/mol. The molecule has 21 heavy (non-hydrogen) atoms. The smallest absolute Gasteiger partial charge is 0.356 e. The normalized spacial score (nSPS) is 16.0. The number of ether oxygens (including phenoxy) is 1. The molecule has 7 nitrogen and oxygen atoms in total. The molecule has 1 aromatic heterocycles. The quantitative estimate of drug-likeness (QED) is 0.397. The lowest BCUT2D eigenvalue weighted by Gasteiger charge is -2.17. The lowest BCUT2D eigenvalue weighted by atomic mass is 10.1. The van der Waals surface area contributed by atoms with Crippen molar-refractivity contribution in [2.45, 2.75) is 44.6 Å². The van der Waals surface area contributed by atoms with E-state index in [-0.39, 0.29) is 23.2 Å². The van der Waals surface area contributed by atoms with E-state index < -0.39 is 10.9 Å². The Morgan fingerprint density at radius 1 is 1.33 bits per heavy atom. The van der Waals surface area contributed by atoms with Gasteiger partial charge in [-0.1, -0.05) is 25.7 Å². The molecule has 1 heterocycles. The molecule has 114 valence electrons. The van der Waals surface area contributed by atoms with Crippen molar-refractivity contribution in [3.63, 3.8) is 0 Å². The standard InChI is InChI=1S/C14H19N3O4/c1-21-14(18)11-8-9-12(17(19)20)13(16-11)15-10-6-4-2-3-5-7-10/h8-10H,2-7H2,1H3,(H,15,16). The fraction of sp³-hybridized carbons (Fsp3) is 0.571. The van der Waals surface area contributed by atoms with Gasteiger partial charge in [0, 0.05) is 12.1 Å². The molecule has 1 fully saturated rings. The third-order valence-corrected chi connectivity index (χ3v) is 3.66. The average molecular weight is 293 g/mol. The molecule has 0 amide bonds. The van der Waals surface area contributed by atoms with Gasteiger partial charge in [-0.15, -0.1) is 0 Å². The summed E-state index contributed by atoms with van der Waals surface area (Å²) in [4.78, 5) is 26.2. The zero-order valence-electron chi connectivity index (χ0n) is 12.0. The Bertz CT molecular complexity index is 525. The number of carbonyl (C=O) groups is 1. The number of nitro groups is 1. The number of carbonyl (C=O) groups excluding carboxylic acids is 1. The van der Waals surface area contributed by atoms with Crippen LogP contribution in [-0.4, -0.2) is 29.0 Å². The van der Waals surface area contributed by atoms with E-state index in [1.54, 1.807) is 0 Å². The number of methoxy groups -OCH3 is 1. The Labute approximate surface area is 122 Å². The van der Waals surface area contributed by atoms with Crippen LogP contribution in [0.3, 0.4) is 0 Å². The van der Waals surface area contributed by atoms with Crippen LogP contribution in [0.2, 0.25) is 0 Å². The average Bonchev–Trinajstić information content (AvgIpc) is 2.74. The Morgan fingerprint density at radius 2 is 2.00 bits per heavy atom. The molecule has 0 aromatic carbocycles. The van der Waals surface area contributed by atoms with Crippen molar-refractivity contribution in [2.24, 2.45) is 0 Å². The van der Waals surface area contributed by atoms with Crippen LogP contribution < -0.4 is 5.32 Å². The molecule has 0 spiro atoms. The molecule has 0 aliphatic heterocycles. The van der Waals surface area contributed by atoms with Crippen molar-refractivity contribution < 1.29 is 14.5 Å². The number of hydrogen-bond acceptors (Lipinski definition) is 6.